The minimum Gasteiger partial charge on any atom is -0.478 e. The molecule has 8 nitrogen and oxygen atoms in total. The number of carboxylic acid groups (broad SMARTS) is 1. The molecule has 1 heterocycles. The lowest BCUT2D eigenvalue weighted by Crippen LogP contribution is -2.28. The van der Waals surface area contributed by atoms with Gasteiger partial charge in [-0.05, 0) is 25.8 Å². The number of nitro benzene ring substituents is 1. The van der Waals surface area contributed by atoms with E-state index in [1.165, 1.54) is 0 Å². The first kappa shape index (κ1) is 14.9. The van der Waals surface area contributed by atoms with Gasteiger partial charge in [-0.2, -0.15) is 0 Å². The summed E-state index contributed by atoms with van der Waals surface area (Å²) in [5, 5.41) is 22.2. The summed E-state index contributed by atoms with van der Waals surface area (Å²) < 4.78 is 5.38. The highest BCUT2D eigenvalue weighted by Crippen LogP contribution is 2.25. The second-order valence-corrected chi connectivity index (χ2v) is 4.79. The van der Waals surface area contributed by atoms with Crippen molar-refractivity contribution in [2.45, 2.75) is 32.0 Å². The van der Waals surface area contributed by atoms with Crippen LogP contribution in [-0.2, 0) is 9.53 Å². The van der Waals surface area contributed by atoms with Crippen LogP contribution in [0, 0.1) is 10.1 Å². The van der Waals surface area contributed by atoms with Crippen molar-refractivity contribution in [2.75, 3.05) is 5.32 Å². The molecule has 112 valence electrons. The first-order valence-electron chi connectivity index (χ1n) is 6.36. The molecule has 2 N–H and O–H groups in total. The van der Waals surface area contributed by atoms with Crippen molar-refractivity contribution in [3.63, 3.8) is 0 Å². The fraction of sp³-hybridized carbons (Fsp3) is 0.385. The summed E-state index contributed by atoms with van der Waals surface area (Å²) in [5.74, 6) is -1.77. The zero-order valence-electron chi connectivity index (χ0n) is 11.2. The van der Waals surface area contributed by atoms with Crippen LogP contribution in [-0.4, -0.2) is 34.1 Å². The molecule has 2 rings (SSSR count). The van der Waals surface area contributed by atoms with Crippen LogP contribution in [0.25, 0.3) is 0 Å². The molecular weight excluding hydrogens is 280 g/mol. The summed E-state index contributed by atoms with van der Waals surface area (Å²) in [6.07, 6.45) is 0.564. The van der Waals surface area contributed by atoms with Crippen LogP contribution in [0.3, 0.4) is 0 Å². The molecule has 0 aliphatic carbocycles. The van der Waals surface area contributed by atoms with Gasteiger partial charge < -0.3 is 15.2 Å². The van der Waals surface area contributed by atoms with Gasteiger partial charge in [0.1, 0.15) is 6.10 Å². The Morgan fingerprint density at radius 2 is 2.14 bits per heavy atom. The second kappa shape index (κ2) is 5.88. The number of carboxylic acids is 1. The van der Waals surface area contributed by atoms with Crippen molar-refractivity contribution in [1.82, 2.24) is 0 Å². The van der Waals surface area contributed by atoms with E-state index in [-0.39, 0.29) is 23.0 Å². The van der Waals surface area contributed by atoms with Crippen LogP contribution >= 0.6 is 0 Å². The van der Waals surface area contributed by atoms with E-state index in [1.807, 2.05) is 6.92 Å². The monoisotopic (exact) mass is 294 g/mol. The van der Waals surface area contributed by atoms with Gasteiger partial charge in [0, 0.05) is 12.1 Å². The molecule has 0 bridgehead atoms. The quantitative estimate of drug-likeness (QED) is 0.645. The summed E-state index contributed by atoms with van der Waals surface area (Å²) in [7, 11) is 0. The minimum absolute atomic E-state index is 0.0372. The molecule has 1 saturated heterocycles. The molecule has 1 amide bonds. The second-order valence-electron chi connectivity index (χ2n) is 4.79. The maximum absolute atomic E-state index is 12.0. The molecule has 1 aliphatic heterocycles. The molecule has 1 fully saturated rings. The van der Waals surface area contributed by atoms with E-state index in [1.54, 1.807) is 0 Å². The third-order valence-electron chi connectivity index (χ3n) is 3.23. The van der Waals surface area contributed by atoms with Gasteiger partial charge in [-0.1, -0.05) is 0 Å². The lowest BCUT2D eigenvalue weighted by atomic mass is 10.1. The van der Waals surface area contributed by atoms with Crippen molar-refractivity contribution < 1.29 is 24.4 Å². The van der Waals surface area contributed by atoms with Gasteiger partial charge in [0.15, 0.2) is 0 Å². The largest absolute Gasteiger partial charge is 0.478 e. The van der Waals surface area contributed by atoms with Crippen LogP contribution in [0.15, 0.2) is 18.2 Å². The van der Waals surface area contributed by atoms with E-state index < -0.39 is 22.9 Å². The van der Waals surface area contributed by atoms with Gasteiger partial charge in [-0.15, -0.1) is 0 Å². The smallest absolute Gasteiger partial charge is 0.337 e. The number of hydrogen-bond acceptors (Lipinski definition) is 5. The molecule has 8 heteroatoms. The zero-order chi connectivity index (χ0) is 15.6. The number of aromatic carboxylic acids is 1. The van der Waals surface area contributed by atoms with Crippen molar-refractivity contribution in [1.29, 1.82) is 0 Å². The molecular formula is C13H14N2O6. The van der Waals surface area contributed by atoms with Crippen LogP contribution in [0.5, 0.6) is 0 Å². The van der Waals surface area contributed by atoms with Gasteiger partial charge in [-0.3, -0.25) is 14.9 Å². The van der Waals surface area contributed by atoms with Gasteiger partial charge >= 0.3 is 5.97 Å². The van der Waals surface area contributed by atoms with E-state index >= 15 is 0 Å². The Balaban J connectivity index is 2.24. The zero-order valence-corrected chi connectivity index (χ0v) is 11.2. The van der Waals surface area contributed by atoms with E-state index in [0.717, 1.165) is 24.6 Å². The standard InChI is InChI=1S/C13H14N2O6/c1-7-2-5-11(21-7)12(16)14-10-6-8(15(19)20)3-4-9(10)13(17)18/h3-4,6-7,11H,2,5H2,1H3,(H,14,16)(H,17,18). The Bertz CT molecular complexity index is 600. The highest BCUT2D eigenvalue weighted by Gasteiger charge is 2.29. The lowest BCUT2D eigenvalue weighted by Gasteiger charge is -2.13. The number of nitrogens with one attached hydrogen (secondary N) is 1. The summed E-state index contributed by atoms with van der Waals surface area (Å²) in [6.45, 7) is 1.84. The summed E-state index contributed by atoms with van der Waals surface area (Å²) in [6, 6.07) is 3.20. The van der Waals surface area contributed by atoms with Crippen LogP contribution in [0.1, 0.15) is 30.1 Å². The summed E-state index contributed by atoms with van der Waals surface area (Å²) in [4.78, 5) is 33.2. The number of carbonyl (C=O) groups is 2. The summed E-state index contributed by atoms with van der Waals surface area (Å²) in [5.41, 5.74) is -0.610. The number of hydrogen-bond donors (Lipinski definition) is 2. The normalized spacial score (nSPS) is 21.0. The third kappa shape index (κ3) is 3.34. The molecule has 0 spiro atoms. The lowest BCUT2D eigenvalue weighted by molar-refractivity contribution is -0.384. The molecule has 1 aromatic carbocycles. The number of nitro groups is 1. The van der Waals surface area contributed by atoms with Crippen LogP contribution in [0.4, 0.5) is 11.4 Å². The van der Waals surface area contributed by atoms with Crippen LogP contribution in [0.2, 0.25) is 0 Å². The fourth-order valence-electron chi connectivity index (χ4n) is 2.14. The SMILES string of the molecule is CC1CCC(C(=O)Nc2cc([N+](=O)[O-])ccc2C(=O)O)O1. The molecule has 1 aliphatic rings. The molecule has 0 saturated carbocycles. The maximum Gasteiger partial charge on any atom is 0.337 e. The van der Waals surface area contributed by atoms with Crippen molar-refractivity contribution >= 4 is 23.3 Å². The number of nitrogens with zero attached hydrogens (tertiary/aromatic N) is 1. The first-order valence-corrected chi connectivity index (χ1v) is 6.36. The number of anilines is 1. The van der Waals surface area contributed by atoms with E-state index in [0.29, 0.717) is 6.42 Å². The molecule has 2 unspecified atom stereocenters. The fourth-order valence-corrected chi connectivity index (χ4v) is 2.14. The Labute approximate surface area is 119 Å². The average Bonchev–Trinajstić information content (AvgIpc) is 2.85. The predicted octanol–water partition coefficient (Wildman–Crippen LogP) is 1.80. The van der Waals surface area contributed by atoms with E-state index in [2.05, 4.69) is 5.32 Å². The van der Waals surface area contributed by atoms with Gasteiger partial charge in [0.05, 0.1) is 22.3 Å². The summed E-state index contributed by atoms with van der Waals surface area (Å²) >= 11 is 0. The maximum atomic E-state index is 12.0. The number of benzene rings is 1. The number of carbonyl (C=O) groups excluding carboxylic acids is 1. The Hall–Kier alpha value is -2.48. The molecule has 21 heavy (non-hydrogen) atoms. The predicted molar refractivity (Wildman–Crippen MR) is 72.3 cm³/mol. The average molecular weight is 294 g/mol. The Morgan fingerprint density at radius 1 is 1.43 bits per heavy atom. The minimum atomic E-state index is -1.28. The van der Waals surface area contributed by atoms with Crippen molar-refractivity contribution in [3.8, 4) is 0 Å². The number of non-ortho nitro benzene ring substituents is 1. The molecule has 0 radical (unpaired) electrons. The third-order valence-corrected chi connectivity index (χ3v) is 3.23. The van der Waals surface area contributed by atoms with Gasteiger partial charge in [0.2, 0.25) is 0 Å². The van der Waals surface area contributed by atoms with Gasteiger partial charge in [0.25, 0.3) is 11.6 Å². The number of amides is 1. The molecule has 1 aromatic rings. The van der Waals surface area contributed by atoms with Crippen molar-refractivity contribution in [2.24, 2.45) is 0 Å². The topological polar surface area (TPSA) is 119 Å². The Morgan fingerprint density at radius 3 is 2.67 bits per heavy atom. The number of ether oxygens (including phenoxy) is 1. The number of rotatable bonds is 4. The van der Waals surface area contributed by atoms with Crippen molar-refractivity contribution in [3.05, 3.63) is 33.9 Å². The highest BCUT2D eigenvalue weighted by molar-refractivity contribution is 6.02. The first-order chi connectivity index (χ1) is 9.88. The van der Waals surface area contributed by atoms with Gasteiger partial charge in [-0.25, -0.2) is 4.79 Å². The van der Waals surface area contributed by atoms with E-state index in [4.69, 9.17) is 9.84 Å². The highest BCUT2D eigenvalue weighted by atomic mass is 16.6. The Kier molecular flexibility index (Phi) is 4.18. The van der Waals surface area contributed by atoms with E-state index in [9.17, 15) is 19.7 Å². The molecule has 0 aromatic heterocycles. The van der Waals surface area contributed by atoms with Crippen LogP contribution < -0.4 is 5.32 Å². The molecule has 2 atom stereocenters.